The van der Waals surface area contributed by atoms with E-state index in [-0.39, 0.29) is 24.9 Å². The van der Waals surface area contributed by atoms with Crippen LogP contribution < -0.4 is 0 Å². The highest BCUT2D eigenvalue weighted by molar-refractivity contribution is 5.92. The van der Waals surface area contributed by atoms with Crippen molar-refractivity contribution in [1.29, 1.82) is 0 Å². The molecule has 1 amide bonds. The first-order valence-electron chi connectivity index (χ1n) is 7.90. The van der Waals surface area contributed by atoms with Crippen molar-refractivity contribution >= 4 is 11.9 Å². The van der Waals surface area contributed by atoms with Crippen molar-refractivity contribution in [2.45, 2.75) is 26.0 Å². The molecule has 0 N–H and O–H groups in total. The third kappa shape index (κ3) is 3.71. The van der Waals surface area contributed by atoms with E-state index in [1.165, 1.54) is 17.2 Å². The number of aryl methyl sites for hydroxylation is 1. The lowest BCUT2D eigenvalue weighted by atomic mass is 9.97. The second-order valence-corrected chi connectivity index (χ2v) is 5.86. The molecule has 0 saturated carbocycles. The van der Waals surface area contributed by atoms with Crippen molar-refractivity contribution in [3.8, 4) is 0 Å². The van der Waals surface area contributed by atoms with E-state index in [1.807, 2.05) is 61.5 Å². The van der Waals surface area contributed by atoms with Crippen LogP contribution >= 0.6 is 0 Å². The second kappa shape index (κ2) is 7.13. The van der Waals surface area contributed by atoms with Crippen molar-refractivity contribution in [1.82, 2.24) is 4.90 Å². The second-order valence-electron chi connectivity index (χ2n) is 5.86. The fourth-order valence-corrected chi connectivity index (χ4v) is 2.67. The fraction of sp³-hybridized carbons (Fsp3) is 0.200. The Balaban J connectivity index is 1.75. The molecule has 0 radical (unpaired) electrons. The summed E-state index contributed by atoms with van der Waals surface area (Å²) in [6, 6.07) is 17.0. The molecule has 0 bridgehead atoms. The highest BCUT2D eigenvalue weighted by Gasteiger charge is 2.29. The Morgan fingerprint density at radius 1 is 1.12 bits per heavy atom. The molecule has 0 fully saturated rings. The molecule has 2 aromatic rings. The van der Waals surface area contributed by atoms with Crippen molar-refractivity contribution in [3.05, 3.63) is 83.6 Å². The Bertz CT molecular complexity index is 750. The number of ketones is 1. The molecule has 1 aliphatic heterocycles. The van der Waals surface area contributed by atoms with E-state index in [2.05, 4.69) is 0 Å². The molecule has 4 nitrogen and oxygen atoms in total. The van der Waals surface area contributed by atoms with Gasteiger partial charge in [-0.1, -0.05) is 60.2 Å². The lowest BCUT2D eigenvalue weighted by molar-refractivity contribution is -0.116. The summed E-state index contributed by atoms with van der Waals surface area (Å²) >= 11 is 0. The molecule has 4 heteroatoms. The van der Waals surface area contributed by atoms with Gasteiger partial charge in [-0.3, -0.25) is 9.69 Å². The summed E-state index contributed by atoms with van der Waals surface area (Å²) in [7, 11) is 0. The number of nitrogens with zero attached hydrogens (tertiary/aromatic N) is 1. The van der Waals surface area contributed by atoms with Gasteiger partial charge in [-0.2, -0.15) is 0 Å². The normalized spacial score (nSPS) is 17.0. The SMILES string of the molecule is Cc1ccc([C@H]2CC(=O)C=CN2C(=O)OCc2ccccc2)cc1. The van der Waals surface area contributed by atoms with Gasteiger partial charge in [-0.15, -0.1) is 0 Å². The topological polar surface area (TPSA) is 46.6 Å². The Morgan fingerprint density at radius 2 is 1.83 bits per heavy atom. The van der Waals surface area contributed by atoms with Gasteiger partial charge in [-0.05, 0) is 24.1 Å². The van der Waals surface area contributed by atoms with E-state index in [0.29, 0.717) is 0 Å². The molecule has 122 valence electrons. The fourth-order valence-electron chi connectivity index (χ4n) is 2.67. The smallest absolute Gasteiger partial charge is 0.414 e. The number of hydrogen-bond donors (Lipinski definition) is 0. The van der Waals surface area contributed by atoms with Crippen molar-refractivity contribution in [3.63, 3.8) is 0 Å². The Hall–Kier alpha value is -2.88. The van der Waals surface area contributed by atoms with Crippen LogP contribution in [0.25, 0.3) is 0 Å². The van der Waals surface area contributed by atoms with Gasteiger partial charge in [-0.25, -0.2) is 4.79 Å². The molecule has 2 aromatic carbocycles. The van der Waals surface area contributed by atoms with Crippen LogP contribution in [0.15, 0.2) is 66.9 Å². The number of benzene rings is 2. The van der Waals surface area contributed by atoms with Gasteiger partial charge in [0.1, 0.15) is 6.61 Å². The Labute approximate surface area is 141 Å². The monoisotopic (exact) mass is 321 g/mol. The molecule has 1 atom stereocenters. The number of ether oxygens (including phenoxy) is 1. The maximum Gasteiger partial charge on any atom is 0.414 e. The van der Waals surface area contributed by atoms with Crippen LogP contribution in [-0.4, -0.2) is 16.8 Å². The molecular formula is C20H19NO3. The minimum Gasteiger partial charge on any atom is -0.444 e. The number of carbonyl (C=O) groups is 2. The van der Waals surface area contributed by atoms with E-state index in [9.17, 15) is 9.59 Å². The molecular weight excluding hydrogens is 302 g/mol. The Morgan fingerprint density at radius 3 is 2.54 bits per heavy atom. The Kier molecular flexibility index (Phi) is 4.75. The number of amides is 1. The van der Waals surface area contributed by atoms with E-state index >= 15 is 0 Å². The highest BCUT2D eigenvalue weighted by Crippen LogP contribution is 2.29. The van der Waals surface area contributed by atoms with E-state index in [0.717, 1.165) is 16.7 Å². The number of hydrogen-bond acceptors (Lipinski definition) is 3. The molecule has 1 aliphatic rings. The van der Waals surface area contributed by atoms with Crippen LogP contribution in [-0.2, 0) is 16.1 Å². The van der Waals surface area contributed by atoms with Crippen LogP contribution in [0, 0.1) is 6.92 Å². The quantitative estimate of drug-likeness (QED) is 0.852. The molecule has 0 aromatic heterocycles. The zero-order valence-electron chi connectivity index (χ0n) is 13.5. The largest absolute Gasteiger partial charge is 0.444 e. The lowest BCUT2D eigenvalue weighted by Gasteiger charge is -2.30. The highest BCUT2D eigenvalue weighted by atomic mass is 16.6. The standard InChI is InChI=1S/C20H19NO3/c1-15-7-9-17(10-8-15)19-13-18(22)11-12-21(19)20(23)24-14-16-5-3-2-4-6-16/h2-12,19H,13-14H2,1H3/t19-/m1/s1. The minimum atomic E-state index is -0.451. The first kappa shape index (κ1) is 16.0. The zero-order valence-corrected chi connectivity index (χ0v) is 13.5. The summed E-state index contributed by atoms with van der Waals surface area (Å²) in [6.45, 7) is 2.21. The van der Waals surface area contributed by atoms with E-state index in [1.54, 1.807) is 0 Å². The molecule has 1 heterocycles. The number of carbonyl (C=O) groups excluding carboxylic acids is 2. The minimum absolute atomic E-state index is 0.00712. The number of rotatable bonds is 3. The van der Waals surface area contributed by atoms with Gasteiger partial charge in [0.2, 0.25) is 0 Å². The third-order valence-electron chi connectivity index (χ3n) is 4.03. The summed E-state index contributed by atoms with van der Waals surface area (Å²) in [6.07, 6.45) is 2.76. The van der Waals surface area contributed by atoms with Crippen LogP contribution in [0.4, 0.5) is 4.79 Å². The summed E-state index contributed by atoms with van der Waals surface area (Å²) in [4.78, 5) is 25.8. The first-order chi connectivity index (χ1) is 11.6. The van der Waals surface area contributed by atoms with Crippen molar-refractivity contribution < 1.29 is 14.3 Å². The number of allylic oxidation sites excluding steroid dienone is 1. The average Bonchev–Trinajstić information content (AvgIpc) is 2.61. The van der Waals surface area contributed by atoms with Crippen LogP contribution in [0.2, 0.25) is 0 Å². The summed E-state index contributed by atoms with van der Waals surface area (Å²) in [5, 5.41) is 0. The summed E-state index contributed by atoms with van der Waals surface area (Å²) in [5.41, 5.74) is 2.99. The lowest BCUT2D eigenvalue weighted by Crippen LogP contribution is -2.34. The van der Waals surface area contributed by atoms with Gasteiger partial charge in [0.05, 0.1) is 6.04 Å². The molecule has 0 saturated heterocycles. The third-order valence-corrected chi connectivity index (χ3v) is 4.03. The first-order valence-corrected chi connectivity index (χ1v) is 7.90. The van der Waals surface area contributed by atoms with E-state index in [4.69, 9.17) is 4.74 Å². The van der Waals surface area contributed by atoms with Crippen molar-refractivity contribution in [2.75, 3.05) is 0 Å². The van der Waals surface area contributed by atoms with Gasteiger partial charge in [0.25, 0.3) is 0 Å². The van der Waals surface area contributed by atoms with Crippen molar-refractivity contribution in [2.24, 2.45) is 0 Å². The molecule has 3 rings (SSSR count). The van der Waals surface area contributed by atoms with Crippen LogP contribution in [0.3, 0.4) is 0 Å². The van der Waals surface area contributed by atoms with Crippen LogP contribution in [0.5, 0.6) is 0 Å². The zero-order chi connectivity index (χ0) is 16.9. The van der Waals surface area contributed by atoms with Gasteiger partial charge in [0.15, 0.2) is 5.78 Å². The molecule has 24 heavy (non-hydrogen) atoms. The van der Waals surface area contributed by atoms with Gasteiger partial charge >= 0.3 is 6.09 Å². The summed E-state index contributed by atoms with van der Waals surface area (Å²) < 4.78 is 5.40. The van der Waals surface area contributed by atoms with Gasteiger partial charge in [0, 0.05) is 12.6 Å². The van der Waals surface area contributed by atoms with E-state index < -0.39 is 6.09 Å². The maximum atomic E-state index is 12.5. The maximum absolute atomic E-state index is 12.5. The van der Waals surface area contributed by atoms with Gasteiger partial charge < -0.3 is 4.74 Å². The average molecular weight is 321 g/mol. The predicted octanol–water partition coefficient (Wildman–Crippen LogP) is 4.16. The molecule has 0 unspecified atom stereocenters. The molecule has 0 aliphatic carbocycles. The van der Waals surface area contributed by atoms with Crippen LogP contribution in [0.1, 0.15) is 29.2 Å². The summed E-state index contributed by atoms with van der Waals surface area (Å²) in [5.74, 6) is 0.00712. The molecule has 0 spiro atoms. The predicted molar refractivity (Wildman–Crippen MR) is 91.2 cm³/mol.